The van der Waals surface area contributed by atoms with Gasteiger partial charge in [-0.1, -0.05) is 54.6 Å². The molecule has 37 heavy (non-hydrogen) atoms. The third-order valence-electron chi connectivity index (χ3n) is 7.55. The summed E-state index contributed by atoms with van der Waals surface area (Å²) in [4.78, 5) is 52.6. The number of carboxylic acids is 1. The third-order valence-corrected chi connectivity index (χ3v) is 7.55. The van der Waals surface area contributed by atoms with Crippen molar-refractivity contribution in [2.24, 2.45) is 11.8 Å². The fraction of sp³-hybridized carbons (Fsp3) is 0.250. The van der Waals surface area contributed by atoms with E-state index in [-0.39, 0.29) is 12.1 Å². The standard InChI is InChI=1S/C28H25N3O6/c1-16-7-3-5-9-20(16)24-22-23(26(33)30(25(22)32)21-10-6-4-8-17(21)2)28(29-24,27(34)35)15-18-11-13-19(14-12-18)31(36)37/h3-14,22-24,29H,15H2,1-2H3,(H,34,35). The molecule has 5 rings (SSSR count). The summed E-state index contributed by atoms with van der Waals surface area (Å²) in [5, 5.41) is 24.9. The Bertz CT molecular complexity index is 1440. The Morgan fingerprint density at radius 1 is 0.973 bits per heavy atom. The molecule has 2 amide bonds. The van der Waals surface area contributed by atoms with Crippen LogP contribution in [0.5, 0.6) is 0 Å². The van der Waals surface area contributed by atoms with E-state index in [0.29, 0.717) is 11.3 Å². The number of nitro benzene ring substituents is 1. The van der Waals surface area contributed by atoms with Gasteiger partial charge in [0.2, 0.25) is 11.8 Å². The zero-order chi connectivity index (χ0) is 26.5. The first-order valence-electron chi connectivity index (χ1n) is 11.9. The van der Waals surface area contributed by atoms with Crippen molar-refractivity contribution in [1.29, 1.82) is 0 Å². The van der Waals surface area contributed by atoms with Gasteiger partial charge >= 0.3 is 5.97 Å². The van der Waals surface area contributed by atoms with Gasteiger partial charge in [0.05, 0.1) is 22.4 Å². The van der Waals surface area contributed by atoms with Crippen LogP contribution in [0, 0.1) is 35.8 Å². The Morgan fingerprint density at radius 2 is 1.59 bits per heavy atom. The Hall–Kier alpha value is -4.37. The monoisotopic (exact) mass is 499 g/mol. The maximum absolute atomic E-state index is 14.0. The first-order chi connectivity index (χ1) is 17.7. The molecule has 3 aromatic carbocycles. The van der Waals surface area contributed by atoms with Crippen LogP contribution < -0.4 is 10.2 Å². The summed E-state index contributed by atoms with van der Waals surface area (Å²) in [5.74, 6) is -4.40. The van der Waals surface area contributed by atoms with Crippen LogP contribution in [-0.2, 0) is 20.8 Å². The average molecular weight is 500 g/mol. The van der Waals surface area contributed by atoms with E-state index in [9.17, 15) is 29.6 Å². The summed E-state index contributed by atoms with van der Waals surface area (Å²) in [6.07, 6.45) is -0.134. The quantitative estimate of drug-likeness (QED) is 0.300. The highest BCUT2D eigenvalue weighted by Gasteiger charge is 2.68. The lowest BCUT2D eigenvalue weighted by Crippen LogP contribution is -2.57. The number of rotatable bonds is 6. The fourth-order valence-electron chi connectivity index (χ4n) is 5.75. The van der Waals surface area contributed by atoms with Crippen LogP contribution in [0.4, 0.5) is 11.4 Å². The first-order valence-corrected chi connectivity index (χ1v) is 11.9. The highest BCUT2D eigenvalue weighted by atomic mass is 16.6. The number of para-hydroxylation sites is 1. The van der Waals surface area contributed by atoms with Crippen LogP contribution in [-0.4, -0.2) is 33.4 Å². The van der Waals surface area contributed by atoms with E-state index < -0.39 is 46.1 Å². The molecule has 2 fully saturated rings. The van der Waals surface area contributed by atoms with Crippen LogP contribution in [0.1, 0.15) is 28.3 Å². The van der Waals surface area contributed by atoms with Gasteiger partial charge in [-0.25, -0.2) is 4.90 Å². The molecule has 0 aliphatic carbocycles. The number of aryl methyl sites for hydroxylation is 2. The molecule has 0 bridgehead atoms. The zero-order valence-electron chi connectivity index (χ0n) is 20.3. The summed E-state index contributed by atoms with van der Waals surface area (Å²) in [6.45, 7) is 3.67. The second-order valence-electron chi connectivity index (χ2n) is 9.66. The number of imide groups is 1. The van der Waals surface area contributed by atoms with Crippen LogP contribution in [0.2, 0.25) is 0 Å². The van der Waals surface area contributed by atoms with E-state index in [1.54, 1.807) is 31.2 Å². The smallest absolute Gasteiger partial charge is 0.325 e. The Balaban J connectivity index is 1.66. The van der Waals surface area contributed by atoms with Crippen molar-refractivity contribution in [3.63, 3.8) is 0 Å². The molecule has 2 aliphatic rings. The molecular weight excluding hydrogens is 474 g/mol. The zero-order valence-corrected chi connectivity index (χ0v) is 20.3. The van der Waals surface area contributed by atoms with Crippen molar-refractivity contribution in [2.45, 2.75) is 31.8 Å². The van der Waals surface area contributed by atoms with Gasteiger partial charge in [-0.2, -0.15) is 0 Å². The van der Waals surface area contributed by atoms with E-state index in [0.717, 1.165) is 21.6 Å². The number of carboxylic acid groups (broad SMARTS) is 1. The fourth-order valence-corrected chi connectivity index (χ4v) is 5.75. The summed E-state index contributed by atoms with van der Waals surface area (Å²) in [5.41, 5.74) is 1.34. The Labute approximate surface area is 212 Å². The van der Waals surface area contributed by atoms with Crippen molar-refractivity contribution in [2.75, 3.05) is 4.90 Å². The van der Waals surface area contributed by atoms with Gasteiger partial charge in [-0.3, -0.25) is 29.8 Å². The number of hydrogen-bond donors (Lipinski definition) is 2. The minimum atomic E-state index is -1.81. The largest absolute Gasteiger partial charge is 0.480 e. The maximum atomic E-state index is 14.0. The molecule has 0 radical (unpaired) electrons. The number of hydrogen-bond acceptors (Lipinski definition) is 6. The lowest BCUT2D eigenvalue weighted by atomic mass is 9.76. The van der Waals surface area contributed by atoms with Crippen molar-refractivity contribution in [3.8, 4) is 0 Å². The normalized spacial score (nSPS) is 24.8. The molecule has 9 nitrogen and oxygen atoms in total. The van der Waals surface area contributed by atoms with Gasteiger partial charge in [0, 0.05) is 24.6 Å². The van der Waals surface area contributed by atoms with Crippen molar-refractivity contribution < 1.29 is 24.4 Å². The lowest BCUT2D eigenvalue weighted by Gasteiger charge is -2.31. The maximum Gasteiger partial charge on any atom is 0.325 e. The predicted octanol–water partition coefficient (Wildman–Crippen LogP) is 3.73. The van der Waals surface area contributed by atoms with Crippen LogP contribution in [0.15, 0.2) is 72.8 Å². The molecule has 9 heteroatoms. The lowest BCUT2D eigenvalue weighted by molar-refractivity contribution is -0.384. The van der Waals surface area contributed by atoms with Crippen LogP contribution in [0.25, 0.3) is 0 Å². The number of benzene rings is 3. The Morgan fingerprint density at radius 3 is 2.19 bits per heavy atom. The molecule has 0 spiro atoms. The topological polar surface area (TPSA) is 130 Å². The van der Waals surface area contributed by atoms with Gasteiger partial charge < -0.3 is 5.11 Å². The second kappa shape index (κ2) is 8.94. The molecule has 2 heterocycles. The van der Waals surface area contributed by atoms with Crippen molar-refractivity contribution in [1.82, 2.24) is 5.32 Å². The summed E-state index contributed by atoms with van der Waals surface area (Å²) in [7, 11) is 0. The summed E-state index contributed by atoms with van der Waals surface area (Å²) in [6, 6.07) is 19.3. The number of carbonyl (C=O) groups excluding carboxylic acids is 2. The summed E-state index contributed by atoms with van der Waals surface area (Å²) < 4.78 is 0. The molecule has 2 N–H and O–H groups in total. The van der Waals surface area contributed by atoms with Gasteiger partial charge in [0.1, 0.15) is 5.54 Å². The number of non-ortho nitro benzene ring substituents is 1. The number of nitrogens with one attached hydrogen (secondary N) is 1. The van der Waals surface area contributed by atoms with Gasteiger partial charge in [-0.15, -0.1) is 0 Å². The number of anilines is 1. The number of fused-ring (bicyclic) bond motifs is 1. The van der Waals surface area contributed by atoms with E-state index in [2.05, 4.69) is 5.32 Å². The molecule has 188 valence electrons. The molecule has 4 atom stereocenters. The van der Waals surface area contributed by atoms with E-state index in [4.69, 9.17) is 0 Å². The minimum Gasteiger partial charge on any atom is -0.480 e. The van der Waals surface area contributed by atoms with Gasteiger partial charge in [-0.05, 0) is 42.2 Å². The van der Waals surface area contributed by atoms with E-state index in [1.165, 1.54) is 24.3 Å². The highest BCUT2D eigenvalue weighted by molar-refractivity contribution is 6.24. The Kier molecular flexibility index (Phi) is 5.88. The number of amides is 2. The molecule has 0 saturated carbocycles. The predicted molar refractivity (Wildman–Crippen MR) is 135 cm³/mol. The van der Waals surface area contributed by atoms with Gasteiger partial charge in [0.15, 0.2) is 0 Å². The SMILES string of the molecule is Cc1ccccc1C1NC(Cc2ccc([N+](=O)[O-])cc2)(C(=O)O)C2C(=O)N(c3ccccc3C)C(=O)C12. The van der Waals surface area contributed by atoms with Crippen LogP contribution in [0.3, 0.4) is 0 Å². The minimum absolute atomic E-state index is 0.124. The average Bonchev–Trinajstić information content (AvgIpc) is 3.34. The number of carbonyl (C=O) groups is 3. The second-order valence-corrected chi connectivity index (χ2v) is 9.66. The van der Waals surface area contributed by atoms with Gasteiger partial charge in [0.25, 0.3) is 5.69 Å². The molecule has 3 aromatic rings. The third kappa shape index (κ3) is 3.79. The molecule has 0 aromatic heterocycles. The van der Waals surface area contributed by atoms with E-state index in [1.807, 2.05) is 31.2 Å². The molecule has 2 saturated heterocycles. The number of aliphatic carboxylic acids is 1. The number of nitrogens with zero attached hydrogens (tertiary/aromatic N) is 2. The molecular formula is C28H25N3O6. The van der Waals surface area contributed by atoms with Crippen molar-refractivity contribution >= 4 is 29.2 Å². The first kappa shape index (κ1) is 24.3. The number of nitro groups is 1. The van der Waals surface area contributed by atoms with E-state index >= 15 is 0 Å². The van der Waals surface area contributed by atoms with Crippen molar-refractivity contribution in [3.05, 3.63) is 105 Å². The highest BCUT2D eigenvalue weighted by Crippen LogP contribution is 2.51. The van der Waals surface area contributed by atoms with Crippen LogP contribution >= 0.6 is 0 Å². The molecule has 4 unspecified atom stereocenters. The summed E-state index contributed by atoms with van der Waals surface area (Å²) >= 11 is 0. The molecule has 2 aliphatic heterocycles.